The van der Waals surface area contributed by atoms with E-state index >= 15 is 0 Å². The Morgan fingerprint density at radius 3 is 2.75 bits per heavy atom. The largest absolute Gasteiger partial charge is 0.341 e. The number of halogens is 3. The minimum Gasteiger partial charge on any atom is -0.341 e. The molecule has 0 N–H and O–H groups in total. The standard InChI is InChI=1S/C11H12BrClINO/c1-7(12)6-15(2)11(16)8-3-4-10(14)9(13)5-8/h3-5,7H,6H2,1-2H3. The first-order chi connectivity index (χ1) is 7.41. The fourth-order valence-electron chi connectivity index (χ4n) is 1.31. The maximum absolute atomic E-state index is 12.0. The normalized spacial score (nSPS) is 12.3. The monoisotopic (exact) mass is 415 g/mol. The van der Waals surface area contributed by atoms with Crippen LogP contribution in [0.25, 0.3) is 0 Å². The van der Waals surface area contributed by atoms with Crippen molar-refractivity contribution < 1.29 is 4.79 Å². The molecule has 0 radical (unpaired) electrons. The Morgan fingerprint density at radius 1 is 1.62 bits per heavy atom. The predicted octanol–water partition coefficient (Wildman–Crippen LogP) is 3.80. The van der Waals surface area contributed by atoms with Gasteiger partial charge in [-0.15, -0.1) is 0 Å². The van der Waals surface area contributed by atoms with Crippen molar-refractivity contribution in [3.05, 3.63) is 32.4 Å². The van der Waals surface area contributed by atoms with E-state index in [4.69, 9.17) is 11.6 Å². The number of hydrogen-bond acceptors (Lipinski definition) is 1. The van der Waals surface area contributed by atoms with Crippen LogP contribution in [0.4, 0.5) is 0 Å². The van der Waals surface area contributed by atoms with Crippen LogP contribution in [-0.4, -0.2) is 29.2 Å². The first-order valence-corrected chi connectivity index (χ1v) is 7.13. The zero-order valence-corrected chi connectivity index (χ0v) is 13.5. The van der Waals surface area contributed by atoms with Crippen molar-refractivity contribution >= 4 is 56.0 Å². The Bertz CT molecular complexity index is 398. The Kier molecular flexibility index (Phi) is 5.53. The van der Waals surface area contributed by atoms with Crippen molar-refractivity contribution in [2.24, 2.45) is 0 Å². The summed E-state index contributed by atoms with van der Waals surface area (Å²) in [5.74, 6) is -0.00963. The predicted molar refractivity (Wildman–Crippen MR) is 79.5 cm³/mol. The van der Waals surface area contributed by atoms with Gasteiger partial charge in [-0.25, -0.2) is 0 Å². The lowest BCUT2D eigenvalue weighted by atomic mass is 10.2. The highest BCUT2D eigenvalue weighted by molar-refractivity contribution is 14.1. The van der Waals surface area contributed by atoms with Gasteiger partial charge in [-0.1, -0.05) is 34.5 Å². The number of alkyl halides is 1. The van der Waals surface area contributed by atoms with Gasteiger partial charge in [0.25, 0.3) is 5.91 Å². The maximum Gasteiger partial charge on any atom is 0.253 e. The molecule has 0 aromatic heterocycles. The summed E-state index contributed by atoms with van der Waals surface area (Å²) in [4.78, 5) is 13.9. The highest BCUT2D eigenvalue weighted by Crippen LogP contribution is 2.20. The average Bonchev–Trinajstić information content (AvgIpc) is 2.20. The fourth-order valence-corrected chi connectivity index (χ4v) is 2.26. The maximum atomic E-state index is 12.0. The van der Waals surface area contributed by atoms with Gasteiger partial charge in [0.05, 0.1) is 5.02 Å². The van der Waals surface area contributed by atoms with Crippen LogP contribution in [0.1, 0.15) is 17.3 Å². The van der Waals surface area contributed by atoms with Crippen LogP contribution in [0.15, 0.2) is 18.2 Å². The molecular weight excluding hydrogens is 404 g/mol. The summed E-state index contributed by atoms with van der Waals surface area (Å²) in [5.41, 5.74) is 0.626. The van der Waals surface area contributed by atoms with Crippen molar-refractivity contribution in [1.82, 2.24) is 4.90 Å². The molecule has 1 aromatic carbocycles. The summed E-state index contributed by atoms with van der Waals surface area (Å²) in [6.45, 7) is 2.67. The van der Waals surface area contributed by atoms with Crippen molar-refractivity contribution in [1.29, 1.82) is 0 Å². The van der Waals surface area contributed by atoms with Crippen LogP contribution in [0.5, 0.6) is 0 Å². The number of nitrogens with zero attached hydrogens (tertiary/aromatic N) is 1. The number of carbonyl (C=O) groups is 1. The molecule has 1 aromatic rings. The van der Waals surface area contributed by atoms with Crippen LogP contribution in [-0.2, 0) is 0 Å². The van der Waals surface area contributed by atoms with E-state index in [2.05, 4.69) is 38.5 Å². The number of rotatable bonds is 3. The molecule has 2 nitrogen and oxygen atoms in total. The van der Waals surface area contributed by atoms with Gasteiger partial charge in [-0.3, -0.25) is 4.79 Å². The van der Waals surface area contributed by atoms with E-state index in [9.17, 15) is 4.79 Å². The fraction of sp³-hybridized carbons (Fsp3) is 0.364. The molecular formula is C11H12BrClINO. The molecule has 5 heteroatoms. The molecule has 1 atom stereocenters. The van der Waals surface area contributed by atoms with Gasteiger partial charge >= 0.3 is 0 Å². The Balaban J connectivity index is 2.84. The minimum absolute atomic E-state index is 0.00963. The first kappa shape index (κ1) is 14.3. The zero-order chi connectivity index (χ0) is 12.3. The highest BCUT2D eigenvalue weighted by Gasteiger charge is 2.14. The minimum atomic E-state index is -0.00963. The molecule has 0 aliphatic carbocycles. The van der Waals surface area contributed by atoms with Gasteiger partial charge in [0, 0.05) is 27.6 Å². The van der Waals surface area contributed by atoms with E-state index in [-0.39, 0.29) is 10.7 Å². The van der Waals surface area contributed by atoms with Crippen LogP contribution in [0, 0.1) is 3.57 Å². The van der Waals surface area contributed by atoms with Gasteiger partial charge in [-0.2, -0.15) is 0 Å². The lowest BCUT2D eigenvalue weighted by Crippen LogP contribution is -2.31. The molecule has 0 aliphatic heterocycles. The van der Waals surface area contributed by atoms with E-state index in [0.717, 1.165) is 3.57 Å². The average molecular weight is 416 g/mol. The number of carbonyl (C=O) groups excluding carboxylic acids is 1. The molecule has 1 rings (SSSR count). The van der Waals surface area contributed by atoms with E-state index < -0.39 is 0 Å². The van der Waals surface area contributed by atoms with Gasteiger partial charge in [0.2, 0.25) is 0 Å². The lowest BCUT2D eigenvalue weighted by molar-refractivity contribution is 0.0797. The molecule has 88 valence electrons. The van der Waals surface area contributed by atoms with Crippen LogP contribution in [0.3, 0.4) is 0 Å². The van der Waals surface area contributed by atoms with E-state index in [0.29, 0.717) is 17.1 Å². The van der Waals surface area contributed by atoms with Crippen molar-refractivity contribution in [3.63, 3.8) is 0 Å². The topological polar surface area (TPSA) is 20.3 Å². The first-order valence-electron chi connectivity index (χ1n) is 4.76. The van der Waals surface area contributed by atoms with Crippen LogP contribution < -0.4 is 0 Å². The van der Waals surface area contributed by atoms with E-state index in [1.165, 1.54) is 0 Å². The van der Waals surface area contributed by atoms with E-state index in [1.807, 2.05) is 13.0 Å². The van der Waals surface area contributed by atoms with Crippen molar-refractivity contribution in [2.45, 2.75) is 11.8 Å². The zero-order valence-electron chi connectivity index (χ0n) is 9.01. The summed E-state index contributed by atoms with van der Waals surface area (Å²) in [5, 5.41) is 0.617. The number of hydrogen-bond donors (Lipinski definition) is 0. The second-order valence-electron chi connectivity index (χ2n) is 3.60. The lowest BCUT2D eigenvalue weighted by Gasteiger charge is -2.18. The van der Waals surface area contributed by atoms with E-state index in [1.54, 1.807) is 24.1 Å². The smallest absolute Gasteiger partial charge is 0.253 e. The van der Waals surface area contributed by atoms with Gasteiger partial charge in [0.1, 0.15) is 0 Å². The quantitative estimate of drug-likeness (QED) is 0.542. The van der Waals surface area contributed by atoms with Crippen LogP contribution in [0.2, 0.25) is 5.02 Å². The van der Waals surface area contributed by atoms with Crippen molar-refractivity contribution in [3.8, 4) is 0 Å². The second kappa shape index (κ2) is 6.21. The molecule has 1 amide bonds. The molecule has 0 saturated carbocycles. The Morgan fingerprint density at radius 2 is 2.25 bits per heavy atom. The molecule has 16 heavy (non-hydrogen) atoms. The molecule has 0 fully saturated rings. The summed E-state index contributed by atoms with van der Waals surface area (Å²) in [6, 6.07) is 5.36. The highest BCUT2D eigenvalue weighted by atomic mass is 127. The molecule has 0 heterocycles. The number of amides is 1. The van der Waals surface area contributed by atoms with Gasteiger partial charge in [-0.05, 0) is 40.8 Å². The number of benzene rings is 1. The summed E-state index contributed by atoms with van der Waals surface area (Å²) in [6.07, 6.45) is 0. The Labute approximate surface area is 123 Å². The summed E-state index contributed by atoms with van der Waals surface area (Å²) in [7, 11) is 1.78. The SMILES string of the molecule is CC(Br)CN(C)C(=O)c1ccc(I)c(Cl)c1. The van der Waals surface area contributed by atoms with Gasteiger partial charge < -0.3 is 4.90 Å². The third-order valence-corrected chi connectivity index (χ3v) is 3.90. The van der Waals surface area contributed by atoms with Crippen molar-refractivity contribution in [2.75, 3.05) is 13.6 Å². The Hall–Kier alpha value is 0.190. The van der Waals surface area contributed by atoms with Gasteiger partial charge in [0.15, 0.2) is 0 Å². The molecule has 1 unspecified atom stereocenters. The third kappa shape index (κ3) is 3.89. The van der Waals surface area contributed by atoms with Crippen LogP contribution >= 0.6 is 50.1 Å². The molecule has 0 spiro atoms. The molecule has 0 saturated heterocycles. The molecule has 0 bridgehead atoms. The second-order valence-corrected chi connectivity index (χ2v) is 6.73. The summed E-state index contributed by atoms with van der Waals surface area (Å²) >= 11 is 11.5. The molecule has 0 aliphatic rings. The third-order valence-electron chi connectivity index (χ3n) is 2.04. The summed E-state index contributed by atoms with van der Waals surface area (Å²) < 4.78 is 0.951.